The van der Waals surface area contributed by atoms with Crippen molar-refractivity contribution in [3.8, 4) is 0 Å². The van der Waals surface area contributed by atoms with Crippen molar-refractivity contribution in [3.63, 3.8) is 0 Å². The van der Waals surface area contributed by atoms with Gasteiger partial charge >= 0.3 is 0 Å². The molecule has 0 spiro atoms. The lowest BCUT2D eigenvalue weighted by Gasteiger charge is -2.09. The molecule has 21 heavy (non-hydrogen) atoms. The van der Waals surface area contributed by atoms with Gasteiger partial charge in [-0.3, -0.25) is 0 Å². The third kappa shape index (κ3) is 2.62. The van der Waals surface area contributed by atoms with Crippen LogP contribution in [0.2, 0.25) is 0 Å². The van der Waals surface area contributed by atoms with Crippen LogP contribution in [-0.4, -0.2) is 7.28 Å². The Hall–Kier alpha value is -1.99. The van der Waals surface area contributed by atoms with E-state index < -0.39 is 51.6 Å². The number of benzene rings is 2. The molecule has 0 aliphatic heterocycles. The van der Waals surface area contributed by atoms with Gasteiger partial charge in [0.05, 0.1) is 0 Å². The van der Waals surface area contributed by atoms with Crippen molar-refractivity contribution >= 4 is 18.2 Å². The molecule has 0 bridgehead atoms. The van der Waals surface area contributed by atoms with Crippen LogP contribution in [0.4, 0.5) is 30.7 Å². The lowest BCUT2D eigenvalue weighted by atomic mass is 9.62. The fourth-order valence-electron chi connectivity index (χ4n) is 1.72. The molecule has 0 unspecified atom stereocenters. The summed E-state index contributed by atoms with van der Waals surface area (Å²) in [4.78, 5) is 0. The third-order valence-corrected chi connectivity index (χ3v) is 2.81. The Morgan fingerprint density at radius 3 is 1.67 bits per heavy atom. The molecule has 0 aromatic heterocycles. The number of hydrogen-bond acceptors (Lipinski definition) is 0. The van der Waals surface area contributed by atoms with E-state index >= 15 is 0 Å². The predicted molar refractivity (Wildman–Crippen MR) is 62.3 cm³/mol. The first kappa shape index (κ1) is 15.4. The first-order valence-electron chi connectivity index (χ1n) is 5.55. The van der Waals surface area contributed by atoms with Crippen LogP contribution in [0.5, 0.6) is 0 Å². The standard InChI is InChI=1S/C13H5BF7/c1-4-2-5(15)8(12(20)10(4)18)14-9-6(16)3-7(17)11(19)13(9)21/h2-3H,1H3. The fourth-order valence-corrected chi connectivity index (χ4v) is 1.72. The second-order valence-corrected chi connectivity index (χ2v) is 4.24. The van der Waals surface area contributed by atoms with Crippen molar-refractivity contribution in [2.24, 2.45) is 0 Å². The zero-order valence-electron chi connectivity index (χ0n) is 10.4. The average molecular weight is 305 g/mol. The van der Waals surface area contributed by atoms with E-state index in [9.17, 15) is 30.7 Å². The summed E-state index contributed by atoms with van der Waals surface area (Å²) < 4.78 is 93.1. The molecule has 1 radical (unpaired) electrons. The quantitative estimate of drug-likeness (QED) is 0.346. The van der Waals surface area contributed by atoms with Gasteiger partial charge in [0.25, 0.3) is 0 Å². The Kier molecular flexibility index (Phi) is 3.98. The van der Waals surface area contributed by atoms with Gasteiger partial charge in [0.1, 0.15) is 11.6 Å². The van der Waals surface area contributed by atoms with Gasteiger partial charge < -0.3 is 0 Å². The molecule has 2 aromatic rings. The van der Waals surface area contributed by atoms with E-state index in [0.717, 1.165) is 6.92 Å². The van der Waals surface area contributed by atoms with E-state index in [0.29, 0.717) is 6.07 Å². The van der Waals surface area contributed by atoms with Crippen molar-refractivity contribution in [2.45, 2.75) is 6.92 Å². The summed E-state index contributed by atoms with van der Waals surface area (Å²) in [7, 11) is 0.236. The van der Waals surface area contributed by atoms with Crippen LogP contribution in [0.25, 0.3) is 0 Å². The molecule has 0 N–H and O–H groups in total. The van der Waals surface area contributed by atoms with Crippen LogP contribution in [0.1, 0.15) is 5.56 Å². The van der Waals surface area contributed by atoms with E-state index in [2.05, 4.69) is 0 Å². The molecular formula is C13H5BF7. The normalized spacial score (nSPS) is 10.9. The summed E-state index contributed by atoms with van der Waals surface area (Å²) in [5, 5.41) is 0. The first-order chi connectivity index (χ1) is 9.73. The topological polar surface area (TPSA) is 0 Å². The summed E-state index contributed by atoms with van der Waals surface area (Å²) in [5.74, 6) is -11.7. The Balaban J connectivity index is 2.59. The van der Waals surface area contributed by atoms with Crippen molar-refractivity contribution in [1.29, 1.82) is 0 Å². The molecule has 109 valence electrons. The van der Waals surface area contributed by atoms with E-state index in [1.165, 1.54) is 0 Å². The van der Waals surface area contributed by atoms with Crippen LogP contribution >= 0.6 is 0 Å². The molecule has 0 nitrogen and oxygen atoms in total. The fraction of sp³-hybridized carbons (Fsp3) is 0.0769. The monoisotopic (exact) mass is 305 g/mol. The van der Waals surface area contributed by atoms with Crippen LogP contribution in [-0.2, 0) is 0 Å². The SMILES string of the molecule is Cc1cc(F)c([B]c2c(F)cc(F)c(F)c2F)c(F)c1F. The Morgan fingerprint density at radius 1 is 0.619 bits per heavy atom. The summed E-state index contributed by atoms with van der Waals surface area (Å²) in [5.41, 5.74) is -2.66. The summed E-state index contributed by atoms with van der Waals surface area (Å²) >= 11 is 0. The van der Waals surface area contributed by atoms with Gasteiger partial charge in [0, 0.05) is 6.07 Å². The maximum atomic E-state index is 13.6. The maximum absolute atomic E-state index is 13.6. The van der Waals surface area contributed by atoms with Gasteiger partial charge in [-0.1, -0.05) is 0 Å². The Bertz CT molecular complexity index is 666. The van der Waals surface area contributed by atoms with Gasteiger partial charge in [-0.25, -0.2) is 30.7 Å². The highest BCUT2D eigenvalue weighted by Crippen LogP contribution is 2.13. The van der Waals surface area contributed by atoms with Crippen molar-refractivity contribution in [1.82, 2.24) is 0 Å². The molecule has 2 aromatic carbocycles. The minimum Gasteiger partial charge on any atom is -0.207 e. The second kappa shape index (κ2) is 5.42. The molecule has 2 rings (SSSR count). The van der Waals surface area contributed by atoms with Crippen LogP contribution in [0.15, 0.2) is 12.1 Å². The van der Waals surface area contributed by atoms with Crippen molar-refractivity contribution < 1.29 is 30.7 Å². The summed E-state index contributed by atoms with van der Waals surface area (Å²) in [6, 6.07) is 0.630. The zero-order chi connectivity index (χ0) is 15.9. The van der Waals surface area contributed by atoms with Crippen LogP contribution < -0.4 is 10.9 Å². The molecule has 0 fully saturated rings. The second-order valence-electron chi connectivity index (χ2n) is 4.24. The number of halogens is 7. The minimum atomic E-state index is -2.00. The minimum absolute atomic E-state index is 0.0185. The predicted octanol–water partition coefficient (Wildman–Crippen LogP) is 2.62. The highest BCUT2D eigenvalue weighted by atomic mass is 19.2. The molecular weight excluding hydrogens is 300 g/mol. The summed E-state index contributed by atoms with van der Waals surface area (Å²) in [6.07, 6.45) is 0. The Morgan fingerprint density at radius 2 is 1.10 bits per heavy atom. The van der Waals surface area contributed by atoms with E-state index in [4.69, 9.17) is 0 Å². The number of aryl methyl sites for hydroxylation is 1. The van der Waals surface area contributed by atoms with E-state index in [1.807, 2.05) is 0 Å². The lowest BCUT2D eigenvalue weighted by Crippen LogP contribution is -2.38. The highest BCUT2D eigenvalue weighted by Gasteiger charge is 2.24. The van der Waals surface area contributed by atoms with Gasteiger partial charge in [0.15, 0.2) is 29.1 Å². The molecule has 0 atom stereocenters. The lowest BCUT2D eigenvalue weighted by molar-refractivity contribution is 0.440. The van der Waals surface area contributed by atoms with E-state index in [-0.39, 0.29) is 18.9 Å². The van der Waals surface area contributed by atoms with Crippen molar-refractivity contribution in [2.75, 3.05) is 0 Å². The van der Waals surface area contributed by atoms with Crippen LogP contribution in [0.3, 0.4) is 0 Å². The molecule has 0 aliphatic carbocycles. The third-order valence-electron chi connectivity index (χ3n) is 2.81. The smallest absolute Gasteiger partial charge is 0.207 e. The average Bonchev–Trinajstić information content (AvgIpc) is 2.42. The highest BCUT2D eigenvalue weighted by molar-refractivity contribution is 6.67. The molecule has 0 heterocycles. The summed E-state index contributed by atoms with van der Waals surface area (Å²) in [6.45, 7) is 1.09. The van der Waals surface area contributed by atoms with Gasteiger partial charge in [-0.2, -0.15) is 0 Å². The molecule has 0 saturated heterocycles. The van der Waals surface area contributed by atoms with Crippen molar-refractivity contribution in [3.05, 3.63) is 58.4 Å². The Labute approximate surface area is 115 Å². The molecule has 0 aliphatic rings. The molecule has 0 amide bonds. The number of hydrogen-bond donors (Lipinski definition) is 0. The zero-order valence-corrected chi connectivity index (χ0v) is 10.4. The molecule has 8 heteroatoms. The van der Waals surface area contributed by atoms with E-state index in [1.54, 1.807) is 0 Å². The maximum Gasteiger partial charge on any atom is 0.207 e. The largest absolute Gasteiger partial charge is 0.207 e. The van der Waals surface area contributed by atoms with Gasteiger partial charge in [0.2, 0.25) is 7.28 Å². The molecule has 0 saturated carbocycles. The first-order valence-corrected chi connectivity index (χ1v) is 5.55. The number of rotatable bonds is 2. The van der Waals surface area contributed by atoms with Crippen LogP contribution in [0, 0.1) is 47.6 Å². The van der Waals surface area contributed by atoms with Gasteiger partial charge in [-0.05, 0) is 29.5 Å². The van der Waals surface area contributed by atoms with Gasteiger partial charge in [-0.15, -0.1) is 0 Å².